The van der Waals surface area contributed by atoms with E-state index in [1.165, 1.54) is 6.07 Å². The number of hydrogen-bond acceptors (Lipinski definition) is 9. The van der Waals surface area contributed by atoms with Gasteiger partial charge in [0.05, 0.1) is 41.3 Å². The number of nitro benzene ring substituents is 2. The summed E-state index contributed by atoms with van der Waals surface area (Å²) < 4.78 is 16.3. The van der Waals surface area contributed by atoms with Gasteiger partial charge in [-0.25, -0.2) is 4.79 Å². The Morgan fingerprint density at radius 2 is 1.66 bits per heavy atom. The second-order valence-corrected chi connectivity index (χ2v) is 7.03. The number of morpholine rings is 1. The Morgan fingerprint density at radius 3 is 2.22 bits per heavy atom. The first kappa shape index (κ1) is 23.0. The zero-order valence-corrected chi connectivity index (χ0v) is 17.8. The number of thiocarbonyl (C=S) groups is 1. The molecule has 0 spiro atoms. The molecule has 0 amide bonds. The number of ether oxygens (including phenoxy) is 3. The van der Waals surface area contributed by atoms with Gasteiger partial charge in [-0.15, -0.1) is 0 Å². The minimum Gasteiger partial charge on any atom is -0.490 e. The summed E-state index contributed by atoms with van der Waals surface area (Å²) >= 11 is 5.55. The average Bonchev–Trinajstić information content (AvgIpc) is 2.80. The Bertz CT molecular complexity index is 1040. The van der Waals surface area contributed by atoms with E-state index < -0.39 is 27.2 Å². The number of non-ortho nitro benzene ring substituents is 2. The number of esters is 1. The van der Waals surface area contributed by atoms with Gasteiger partial charge in [-0.1, -0.05) is 12.2 Å². The molecule has 168 valence electrons. The summed E-state index contributed by atoms with van der Waals surface area (Å²) in [6.07, 6.45) is 0. The molecular weight excluding hydrogens is 442 g/mol. The number of nitrogens with zero attached hydrogens (tertiary/aromatic N) is 3. The molecule has 0 N–H and O–H groups in total. The van der Waals surface area contributed by atoms with Gasteiger partial charge in [-0.2, -0.15) is 0 Å². The lowest BCUT2D eigenvalue weighted by Crippen LogP contribution is -2.40. The van der Waals surface area contributed by atoms with E-state index in [-0.39, 0.29) is 23.7 Å². The van der Waals surface area contributed by atoms with E-state index in [2.05, 4.69) is 0 Å². The molecule has 0 unspecified atom stereocenters. The van der Waals surface area contributed by atoms with E-state index in [0.717, 1.165) is 18.2 Å². The predicted molar refractivity (Wildman–Crippen MR) is 116 cm³/mol. The molecule has 1 heterocycles. The van der Waals surface area contributed by atoms with Gasteiger partial charge >= 0.3 is 5.97 Å². The summed E-state index contributed by atoms with van der Waals surface area (Å²) in [6.45, 7) is 4.49. The second-order valence-electron chi connectivity index (χ2n) is 6.64. The van der Waals surface area contributed by atoms with Crippen molar-refractivity contribution in [3.8, 4) is 11.5 Å². The topological polar surface area (TPSA) is 134 Å². The van der Waals surface area contributed by atoms with Crippen LogP contribution in [-0.4, -0.2) is 58.6 Å². The van der Waals surface area contributed by atoms with Gasteiger partial charge in [0.1, 0.15) is 4.99 Å². The second kappa shape index (κ2) is 10.1. The maximum absolute atomic E-state index is 12.6. The largest absolute Gasteiger partial charge is 0.490 e. The van der Waals surface area contributed by atoms with Crippen molar-refractivity contribution >= 4 is 34.6 Å². The highest BCUT2D eigenvalue weighted by Crippen LogP contribution is 2.31. The van der Waals surface area contributed by atoms with Crippen molar-refractivity contribution < 1.29 is 28.9 Å². The number of benzene rings is 2. The lowest BCUT2D eigenvalue weighted by molar-refractivity contribution is -0.394. The van der Waals surface area contributed by atoms with Crippen LogP contribution in [0.1, 0.15) is 22.8 Å². The fourth-order valence-electron chi connectivity index (χ4n) is 3.03. The molecule has 0 radical (unpaired) electrons. The summed E-state index contributed by atoms with van der Waals surface area (Å²) in [6, 6.07) is 7.40. The molecule has 1 aliphatic heterocycles. The van der Waals surface area contributed by atoms with Crippen molar-refractivity contribution in [1.29, 1.82) is 0 Å². The third-order valence-electron chi connectivity index (χ3n) is 4.55. The minimum atomic E-state index is -0.999. The molecule has 11 nitrogen and oxygen atoms in total. The highest BCUT2D eigenvalue weighted by molar-refractivity contribution is 7.80. The van der Waals surface area contributed by atoms with Crippen LogP contribution < -0.4 is 9.47 Å². The van der Waals surface area contributed by atoms with Crippen LogP contribution in [0.4, 0.5) is 11.4 Å². The lowest BCUT2D eigenvalue weighted by Gasteiger charge is -2.29. The highest BCUT2D eigenvalue weighted by atomic mass is 32.1. The molecule has 1 fully saturated rings. The molecule has 0 saturated carbocycles. The highest BCUT2D eigenvalue weighted by Gasteiger charge is 2.23. The van der Waals surface area contributed by atoms with Crippen molar-refractivity contribution in [2.45, 2.75) is 6.92 Å². The molecule has 12 heteroatoms. The predicted octanol–water partition coefficient (Wildman–Crippen LogP) is 3.13. The maximum Gasteiger partial charge on any atom is 0.344 e. The molecule has 0 aromatic heterocycles. The van der Waals surface area contributed by atoms with E-state index in [4.69, 9.17) is 26.4 Å². The fraction of sp³-hybridized carbons (Fsp3) is 0.300. The summed E-state index contributed by atoms with van der Waals surface area (Å²) in [7, 11) is 0. The first-order valence-electron chi connectivity index (χ1n) is 9.60. The average molecular weight is 461 g/mol. The van der Waals surface area contributed by atoms with Gasteiger partial charge in [-0.05, 0) is 25.1 Å². The van der Waals surface area contributed by atoms with Crippen LogP contribution in [0.2, 0.25) is 0 Å². The van der Waals surface area contributed by atoms with Gasteiger partial charge in [0.2, 0.25) is 0 Å². The fourth-order valence-corrected chi connectivity index (χ4v) is 3.33. The first-order chi connectivity index (χ1) is 15.3. The quantitative estimate of drug-likeness (QED) is 0.199. The molecule has 2 aromatic rings. The van der Waals surface area contributed by atoms with E-state index in [1.54, 1.807) is 19.1 Å². The van der Waals surface area contributed by atoms with Crippen molar-refractivity contribution in [3.05, 3.63) is 67.8 Å². The van der Waals surface area contributed by atoms with E-state index in [0.29, 0.717) is 36.9 Å². The summed E-state index contributed by atoms with van der Waals surface area (Å²) in [4.78, 5) is 35.7. The first-order valence-corrected chi connectivity index (χ1v) is 10.0. The Balaban J connectivity index is 1.87. The van der Waals surface area contributed by atoms with Gasteiger partial charge in [-0.3, -0.25) is 20.2 Å². The van der Waals surface area contributed by atoms with Gasteiger partial charge in [0.15, 0.2) is 11.5 Å². The molecule has 0 bridgehead atoms. The molecule has 3 rings (SSSR count). The van der Waals surface area contributed by atoms with Crippen LogP contribution in [0, 0.1) is 20.2 Å². The Morgan fingerprint density at radius 1 is 1.03 bits per heavy atom. The Kier molecular flexibility index (Phi) is 7.28. The standard InChI is InChI=1S/C20H19N3O8S/c1-2-30-18-11-13(19(32)21-5-7-29-8-6-21)3-4-17(18)31-20(24)14-9-15(22(25)26)12-16(10-14)23(27)28/h3-4,9-12H,2,5-8H2,1H3. The van der Waals surface area contributed by atoms with Crippen LogP contribution >= 0.6 is 12.2 Å². The molecule has 1 aliphatic rings. The van der Waals surface area contributed by atoms with Crippen molar-refractivity contribution in [2.75, 3.05) is 32.9 Å². The van der Waals surface area contributed by atoms with Crippen LogP contribution in [0.15, 0.2) is 36.4 Å². The van der Waals surface area contributed by atoms with Crippen LogP contribution in [0.25, 0.3) is 0 Å². The Hall–Kier alpha value is -3.64. The van der Waals surface area contributed by atoms with E-state index in [9.17, 15) is 25.0 Å². The zero-order chi connectivity index (χ0) is 23.3. The molecule has 1 saturated heterocycles. The normalized spacial score (nSPS) is 13.3. The summed E-state index contributed by atoms with van der Waals surface area (Å²) in [5, 5.41) is 22.1. The maximum atomic E-state index is 12.6. The minimum absolute atomic E-state index is 0.0551. The third-order valence-corrected chi connectivity index (χ3v) is 5.05. The molecule has 2 aromatic carbocycles. The number of carbonyl (C=O) groups is 1. The van der Waals surface area contributed by atoms with Crippen LogP contribution in [-0.2, 0) is 4.74 Å². The summed E-state index contributed by atoms with van der Waals surface area (Å²) in [5.74, 6) is -0.699. The lowest BCUT2D eigenvalue weighted by atomic mass is 10.1. The third kappa shape index (κ3) is 5.34. The van der Waals surface area contributed by atoms with Gasteiger partial charge in [0, 0.05) is 30.8 Å². The smallest absolute Gasteiger partial charge is 0.344 e. The number of hydrogen-bond donors (Lipinski definition) is 0. The van der Waals surface area contributed by atoms with Crippen LogP contribution in [0.3, 0.4) is 0 Å². The van der Waals surface area contributed by atoms with Gasteiger partial charge < -0.3 is 19.1 Å². The van der Waals surface area contributed by atoms with Crippen molar-refractivity contribution in [2.24, 2.45) is 0 Å². The molecule has 32 heavy (non-hydrogen) atoms. The molecule has 0 atom stereocenters. The van der Waals surface area contributed by atoms with Gasteiger partial charge in [0.25, 0.3) is 11.4 Å². The number of carbonyl (C=O) groups excluding carboxylic acids is 1. The van der Waals surface area contributed by atoms with Crippen LogP contribution in [0.5, 0.6) is 11.5 Å². The number of nitro groups is 2. The SMILES string of the molecule is CCOc1cc(C(=S)N2CCOCC2)ccc1OC(=O)c1cc([N+](=O)[O-])cc([N+](=O)[O-])c1. The van der Waals surface area contributed by atoms with E-state index >= 15 is 0 Å². The van der Waals surface area contributed by atoms with Crippen molar-refractivity contribution in [1.82, 2.24) is 4.90 Å². The molecule has 0 aliphatic carbocycles. The summed E-state index contributed by atoms with van der Waals surface area (Å²) in [5.41, 5.74) is -0.831. The monoisotopic (exact) mass is 461 g/mol. The zero-order valence-electron chi connectivity index (χ0n) is 17.0. The molecular formula is C20H19N3O8S. The van der Waals surface area contributed by atoms with E-state index in [1.807, 2.05) is 4.90 Å². The Labute approximate surface area is 187 Å². The van der Waals surface area contributed by atoms with Crippen molar-refractivity contribution in [3.63, 3.8) is 0 Å². The number of rotatable bonds is 7.